The first kappa shape index (κ1) is 105. The predicted octanol–water partition coefficient (Wildman–Crippen LogP) is 19.4. The Hall–Kier alpha value is -11.3. The van der Waals surface area contributed by atoms with Crippen molar-refractivity contribution < 1.29 is 108 Å². The maximum atomic E-state index is 13.4. The van der Waals surface area contributed by atoms with Crippen LogP contribution in [0.4, 0.5) is 68.0 Å². The van der Waals surface area contributed by atoms with Crippen molar-refractivity contribution in [2.45, 2.75) is 246 Å². The fourth-order valence-corrected chi connectivity index (χ4v) is 26.9. The van der Waals surface area contributed by atoms with Gasteiger partial charge in [0.1, 0.15) is 86.2 Å². The monoisotopic (exact) mass is 2040 g/mol. The first-order chi connectivity index (χ1) is 66.1. The van der Waals surface area contributed by atoms with E-state index in [-0.39, 0.29) is 165 Å². The largest absolute Gasteiger partial charge is 0.493 e. The molecule has 760 valence electrons. The van der Waals surface area contributed by atoms with E-state index in [1.165, 1.54) is 41.1 Å². The molecule has 0 spiro atoms. The summed E-state index contributed by atoms with van der Waals surface area (Å²) in [6, 6.07) is 32.7. The maximum absolute atomic E-state index is 13.4. The van der Waals surface area contributed by atoms with Crippen molar-refractivity contribution >= 4 is 126 Å². The van der Waals surface area contributed by atoms with Gasteiger partial charge in [0.2, 0.25) is 35.9 Å². The average Bonchev–Trinajstić information content (AvgIpc) is 1.59. The van der Waals surface area contributed by atoms with Crippen LogP contribution in [0.15, 0.2) is 152 Å². The Morgan fingerprint density at radius 3 is 1.07 bits per heavy atom. The Labute approximate surface area is 826 Å². The summed E-state index contributed by atoms with van der Waals surface area (Å²) in [4.78, 5) is 121. The van der Waals surface area contributed by atoms with E-state index < -0.39 is 91.2 Å². The molecule has 4 saturated heterocycles. The first-order valence-corrected chi connectivity index (χ1v) is 55.1. The average molecular weight is 2040 g/mol. The molecule has 1 unspecified atom stereocenters. The second kappa shape index (κ2) is 38.7. The number of rotatable bonds is 26. The number of hydrogen-bond acceptors (Lipinski definition) is 25. The minimum absolute atomic E-state index is 0.00422. The molecule has 2 saturated carbocycles. The van der Waals surface area contributed by atoms with Crippen LogP contribution in [0.25, 0.3) is 0 Å². The van der Waals surface area contributed by atoms with Gasteiger partial charge in [-0.2, -0.15) is 0 Å². The van der Waals surface area contributed by atoms with E-state index in [4.69, 9.17) is 18.9 Å². The van der Waals surface area contributed by atoms with Crippen LogP contribution in [0.5, 0.6) is 23.1 Å². The van der Waals surface area contributed by atoms with Gasteiger partial charge >= 0.3 is 0 Å². The summed E-state index contributed by atoms with van der Waals surface area (Å²) in [6.45, 7) is 28.5. The summed E-state index contributed by atoms with van der Waals surface area (Å²) >= 11 is 0. The number of allylic oxidation sites excluding steroid dienone is 1. The van der Waals surface area contributed by atoms with Crippen LogP contribution in [0.3, 0.4) is 0 Å². The zero-order chi connectivity index (χ0) is 103. The van der Waals surface area contributed by atoms with Gasteiger partial charge in [-0.05, 0) is 241 Å². The molecule has 10 aliphatic rings. The summed E-state index contributed by atoms with van der Waals surface area (Å²) < 4.78 is 182. The predicted molar refractivity (Wildman–Crippen MR) is 529 cm³/mol. The highest BCUT2D eigenvalue weighted by Gasteiger charge is 2.52. The number of alkyl halides is 5. The number of carbonyl (C=O) groups excluding carboxylic acids is 7. The fraction of sp³-hybridized carbons (Fsp3) is 0.505. The van der Waals surface area contributed by atoms with Gasteiger partial charge < -0.3 is 18.9 Å². The second-order valence-corrected chi connectivity index (χ2v) is 52.6. The molecule has 4 aromatic carbocycles. The third-order valence-electron chi connectivity index (χ3n) is 29.6. The lowest BCUT2D eigenvalue weighted by atomic mass is 9.77. The molecule has 4 aromatic heterocycles. The zero-order valence-electron chi connectivity index (χ0n) is 82.4. The number of amides is 3. The number of carbonyl (C=O) groups is 7. The van der Waals surface area contributed by atoms with Crippen molar-refractivity contribution in [2.24, 2.45) is 27.6 Å². The SMILES string of the molecule is C=C1N(c2cc(OCC3CC(F)(F)C3)ccn2)c2ccc(C(=O)CC3(C)CCS(=O)(=O)CC3)cc2C1(C)C.CC(F)(F)COc1cc(N2C(=O)C(C)(C)c3cc(C(=O)CC4(C)CCS(=O)(=O)CC4)ccc32)ncn1.CC(F)Oc1ccnc(N2C(=O)C(C)(C)c3cc(C(=O)CC4(C)CCS(=O)(=O)CC4)ccc32)c1.CC1(CC(=O)c2ccc3c(c2)C(C)(C)C(=O)N3c2cc(OC3CC3)ccn2)CCS(=O)(=O)CC1. The Balaban J connectivity index is 0.000000143. The third kappa shape index (κ3) is 23.2. The minimum atomic E-state index is -3.05. The third-order valence-corrected chi connectivity index (χ3v) is 36.2. The van der Waals surface area contributed by atoms with Gasteiger partial charge in [0.05, 0.1) is 97.7 Å². The highest BCUT2D eigenvalue weighted by Crippen LogP contribution is 2.55. The van der Waals surface area contributed by atoms with Gasteiger partial charge in [-0.25, -0.2) is 80.5 Å². The van der Waals surface area contributed by atoms with E-state index in [0.29, 0.717) is 138 Å². The van der Waals surface area contributed by atoms with E-state index in [1.54, 1.807) is 112 Å². The zero-order valence-corrected chi connectivity index (χ0v) is 85.7. The molecule has 0 bridgehead atoms. The van der Waals surface area contributed by atoms with Crippen LogP contribution in [-0.2, 0) is 75.4 Å². The number of sulfone groups is 4. The highest BCUT2D eigenvalue weighted by atomic mass is 32.2. The Kier molecular flexibility index (Phi) is 28.6. The number of fused-ring (bicyclic) bond motifs is 4. The van der Waals surface area contributed by atoms with Crippen LogP contribution in [0.1, 0.15) is 263 Å². The molecule has 0 N–H and O–H groups in total. The minimum Gasteiger partial charge on any atom is -0.493 e. The van der Waals surface area contributed by atoms with Gasteiger partial charge in [-0.15, -0.1) is 0 Å². The van der Waals surface area contributed by atoms with Crippen molar-refractivity contribution in [1.29, 1.82) is 0 Å². The Morgan fingerprint density at radius 2 is 0.732 bits per heavy atom. The molecule has 3 amide bonds. The Morgan fingerprint density at radius 1 is 0.423 bits per heavy atom. The molecule has 6 fully saturated rings. The van der Waals surface area contributed by atoms with Gasteiger partial charge in [-0.3, -0.25) is 53.2 Å². The number of pyridine rings is 3. The van der Waals surface area contributed by atoms with Crippen LogP contribution >= 0.6 is 0 Å². The van der Waals surface area contributed by atoms with E-state index in [0.717, 1.165) is 54.3 Å². The fourth-order valence-electron chi connectivity index (χ4n) is 19.7. The Bertz CT molecular complexity index is 6630. The smallest absolute Gasteiger partial charge is 0.278 e. The molecule has 37 heteroatoms. The van der Waals surface area contributed by atoms with E-state index in [2.05, 4.69) is 31.5 Å². The number of aromatic nitrogens is 5. The normalized spacial score (nSPS) is 21.7. The lowest BCUT2D eigenvalue weighted by Gasteiger charge is -2.34. The molecule has 28 nitrogen and oxygen atoms in total. The van der Waals surface area contributed by atoms with Crippen molar-refractivity contribution in [3.8, 4) is 23.1 Å². The molecule has 0 radical (unpaired) electrons. The molecular formula is C105H122F5N9O19S4. The van der Waals surface area contributed by atoms with Crippen LogP contribution in [-0.4, -0.2) is 183 Å². The number of benzene rings is 4. The summed E-state index contributed by atoms with van der Waals surface area (Å²) in [5.74, 6) is -2.68. The molecule has 12 heterocycles. The van der Waals surface area contributed by atoms with Crippen LogP contribution < -0.4 is 38.5 Å². The van der Waals surface area contributed by atoms with Crippen molar-refractivity contribution in [3.05, 3.63) is 197 Å². The number of nitrogens with zero attached hydrogens (tertiary/aromatic N) is 9. The lowest BCUT2D eigenvalue weighted by molar-refractivity contribution is -0.122. The van der Waals surface area contributed by atoms with Crippen molar-refractivity contribution in [2.75, 3.05) is 78.8 Å². The van der Waals surface area contributed by atoms with Crippen LogP contribution in [0, 0.1) is 27.6 Å². The summed E-state index contributed by atoms with van der Waals surface area (Å²) in [5.41, 5.74) is 4.12. The van der Waals surface area contributed by atoms with Crippen molar-refractivity contribution in [1.82, 2.24) is 24.9 Å². The van der Waals surface area contributed by atoms with Crippen molar-refractivity contribution in [3.63, 3.8) is 0 Å². The summed E-state index contributed by atoms with van der Waals surface area (Å²) in [6.07, 6.45) is 11.2. The van der Waals surface area contributed by atoms with Gasteiger partial charge in [-0.1, -0.05) is 48.1 Å². The van der Waals surface area contributed by atoms with Gasteiger partial charge in [0.25, 0.3) is 5.92 Å². The molecule has 8 aliphatic heterocycles. The number of hydrogen-bond donors (Lipinski definition) is 0. The summed E-state index contributed by atoms with van der Waals surface area (Å²) in [5, 5.41) is 0. The molecule has 18 rings (SSSR count). The maximum Gasteiger partial charge on any atom is 0.278 e. The van der Waals surface area contributed by atoms with E-state index in [9.17, 15) is 89.2 Å². The number of anilines is 8. The molecule has 8 aromatic rings. The lowest BCUT2D eigenvalue weighted by Crippen LogP contribution is -2.38. The molecule has 1 atom stereocenters. The standard InChI is InChI=1S/C29H34F2N2O4S.C26H30N2O5S.C25H29F2N3O5S.C25H29FN2O5S/c1-19-27(2,3)23-13-21(25(34)17-28(4)8-11-38(35,36)12-9-28)5-6-24(23)33(19)26-14-22(7-10-32-26)37-18-20-15-29(30,31)16-20;1-25(2)20-14-17(22(29)16-26(3)9-12-34(31,32)13-10-26)4-7-21(20)28(24(25)30)23-15-19(8-11-27-23)33-18-5-6-18;1-23(2)17-11-16(19(31)13-24(3)7-9-36(33,34)10-8-24)5-6-18(17)30(22(23)32)20-12-21(29-15-28-20)35-14-25(4,26)27;1-16(26)33-18-7-10-27-22(14-18)28-20-6-5-17(13-19(20)24(2,3)23(28)30)21(29)15-25(4)8-11-34(31,32)12-9-25/h5-7,10,13-14,20H,1,8-9,11-12,15-18H2,2-4H3;4,7-8,11,14-15,18H,5-6,9-10,12-13,16H2,1-3H3;5-6,11-12,15H,7-10,13-14H2,1-4H3;5-7,10,13-14,16H,8-9,11-12,15H2,1-4H3. The first-order valence-electron chi connectivity index (χ1n) is 47.8. The number of Topliss-reactive ketones (excluding diaryl/α,β-unsaturated/α-hetero) is 4. The molecule has 142 heavy (non-hydrogen) atoms. The number of ether oxygens (including phenoxy) is 4. The molecular weight excluding hydrogens is 1910 g/mol. The molecule has 2 aliphatic carbocycles. The van der Waals surface area contributed by atoms with Gasteiger partial charge in [0.15, 0.2) is 29.7 Å². The van der Waals surface area contributed by atoms with Crippen LogP contribution in [0.2, 0.25) is 0 Å². The highest BCUT2D eigenvalue weighted by molar-refractivity contribution is 7.92. The summed E-state index contributed by atoms with van der Waals surface area (Å²) in [7, 11) is -12.1. The van der Waals surface area contributed by atoms with E-state index in [1.807, 2.05) is 90.6 Å². The quantitative estimate of drug-likeness (QED) is 0.0359. The second-order valence-electron chi connectivity index (χ2n) is 43.4. The van der Waals surface area contributed by atoms with Gasteiger partial charge in [0, 0.05) is 135 Å². The topological polar surface area (TPSA) is 370 Å². The van der Waals surface area contributed by atoms with E-state index >= 15 is 0 Å². The number of halogens is 5. The number of ketones is 4.